The van der Waals surface area contributed by atoms with Crippen molar-refractivity contribution in [3.8, 4) is 0 Å². The molecule has 4 heteroatoms. The van der Waals surface area contributed by atoms with Gasteiger partial charge in [-0.2, -0.15) is 0 Å². The largest absolute Gasteiger partial charge is 0.371 e. The average Bonchev–Trinajstić information content (AvgIpc) is 2.47. The van der Waals surface area contributed by atoms with Gasteiger partial charge < -0.3 is 10.4 Å². The number of carbonyl (C=O) groups is 1. The van der Waals surface area contributed by atoms with Crippen LogP contribution in [0.1, 0.15) is 12.5 Å². The van der Waals surface area contributed by atoms with Crippen molar-refractivity contribution in [2.45, 2.75) is 25.7 Å². The van der Waals surface area contributed by atoms with Crippen LogP contribution in [0.5, 0.6) is 0 Å². The molecule has 1 aliphatic rings. The Morgan fingerprint density at radius 2 is 2.07 bits per heavy atom. The molecule has 0 unspecified atom stereocenters. The lowest BCUT2D eigenvalue weighted by molar-refractivity contribution is 0.0408. The second kappa shape index (κ2) is 3.90. The normalized spacial score (nSPS) is 25.5. The summed E-state index contributed by atoms with van der Waals surface area (Å²) < 4.78 is 0. The van der Waals surface area contributed by atoms with Gasteiger partial charge in [0.1, 0.15) is 0 Å². The van der Waals surface area contributed by atoms with E-state index in [0.29, 0.717) is 6.54 Å². The van der Waals surface area contributed by atoms with Crippen LogP contribution in [-0.2, 0) is 6.54 Å². The van der Waals surface area contributed by atoms with E-state index in [-0.39, 0.29) is 12.1 Å². The maximum Gasteiger partial charge on any atom is 0.320 e. The van der Waals surface area contributed by atoms with E-state index in [1.807, 2.05) is 30.3 Å². The van der Waals surface area contributed by atoms with Crippen LogP contribution in [0.2, 0.25) is 0 Å². The standard InChI is InChI=1S/C11H14N2O2/c1-8-10(14)13(11(15)12-8)7-9-5-3-2-4-6-9/h2-6,8,10,14H,7H2,1H3,(H,12,15)/t8-,10+/m1/s1. The van der Waals surface area contributed by atoms with Gasteiger partial charge in [0.2, 0.25) is 0 Å². The molecule has 0 spiro atoms. The summed E-state index contributed by atoms with van der Waals surface area (Å²) in [5, 5.41) is 12.4. The van der Waals surface area contributed by atoms with Gasteiger partial charge in [-0.25, -0.2) is 4.79 Å². The van der Waals surface area contributed by atoms with E-state index in [0.717, 1.165) is 5.56 Å². The summed E-state index contributed by atoms with van der Waals surface area (Å²) in [5.41, 5.74) is 1.01. The van der Waals surface area contributed by atoms with Crippen LogP contribution in [0, 0.1) is 0 Å². The summed E-state index contributed by atoms with van der Waals surface area (Å²) in [4.78, 5) is 12.9. The predicted molar refractivity (Wildman–Crippen MR) is 56.0 cm³/mol. The Bertz CT molecular complexity index is 353. The summed E-state index contributed by atoms with van der Waals surface area (Å²) in [6.07, 6.45) is -0.738. The average molecular weight is 206 g/mol. The molecule has 4 nitrogen and oxygen atoms in total. The van der Waals surface area contributed by atoms with Crippen LogP contribution >= 0.6 is 0 Å². The van der Waals surface area contributed by atoms with Crippen LogP contribution in [0.25, 0.3) is 0 Å². The number of nitrogens with zero attached hydrogens (tertiary/aromatic N) is 1. The third-order valence-corrected chi connectivity index (χ3v) is 2.57. The van der Waals surface area contributed by atoms with Gasteiger partial charge in [0.15, 0.2) is 6.23 Å². The smallest absolute Gasteiger partial charge is 0.320 e. The molecular formula is C11H14N2O2. The summed E-state index contributed by atoms with van der Waals surface area (Å²) >= 11 is 0. The molecule has 0 saturated carbocycles. The van der Waals surface area contributed by atoms with Crippen molar-refractivity contribution >= 4 is 6.03 Å². The highest BCUT2D eigenvalue weighted by Crippen LogP contribution is 2.14. The number of rotatable bonds is 2. The van der Waals surface area contributed by atoms with Crippen molar-refractivity contribution in [1.82, 2.24) is 10.2 Å². The zero-order valence-electron chi connectivity index (χ0n) is 8.55. The van der Waals surface area contributed by atoms with Gasteiger partial charge in [0, 0.05) is 0 Å². The van der Waals surface area contributed by atoms with E-state index in [4.69, 9.17) is 0 Å². The number of benzene rings is 1. The second-order valence-corrected chi connectivity index (χ2v) is 3.77. The number of aliphatic hydroxyl groups is 1. The van der Waals surface area contributed by atoms with Crippen molar-refractivity contribution in [2.24, 2.45) is 0 Å². The van der Waals surface area contributed by atoms with E-state index in [9.17, 15) is 9.90 Å². The van der Waals surface area contributed by atoms with Crippen LogP contribution in [0.3, 0.4) is 0 Å². The van der Waals surface area contributed by atoms with Crippen LogP contribution < -0.4 is 5.32 Å². The van der Waals surface area contributed by atoms with Crippen LogP contribution in [-0.4, -0.2) is 28.3 Å². The van der Waals surface area contributed by atoms with Crippen molar-refractivity contribution in [3.05, 3.63) is 35.9 Å². The Labute approximate surface area is 88.5 Å². The second-order valence-electron chi connectivity index (χ2n) is 3.77. The lowest BCUT2D eigenvalue weighted by atomic mass is 10.2. The number of urea groups is 1. The molecule has 2 N–H and O–H groups in total. The van der Waals surface area contributed by atoms with Crippen molar-refractivity contribution < 1.29 is 9.90 Å². The quantitative estimate of drug-likeness (QED) is 0.756. The fourth-order valence-corrected chi connectivity index (χ4v) is 1.69. The molecule has 0 bridgehead atoms. The van der Waals surface area contributed by atoms with Gasteiger partial charge in [-0.1, -0.05) is 30.3 Å². The monoisotopic (exact) mass is 206 g/mol. The van der Waals surface area contributed by atoms with E-state index in [2.05, 4.69) is 5.32 Å². The predicted octanol–water partition coefficient (Wildman–Crippen LogP) is 0.919. The molecule has 2 amide bonds. The highest BCUT2D eigenvalue weighted by atomic mass is 16.3. The zero-order valence-corrected chi connectivity index (χ0v) is 8.55. The van der Waals surface area contributed by atoms with Crippen molar-refractivity contribution in [3.63, 3.8) is 0 Å². The third kappa shape index (κ3) is 1.94. The van der Waals surface area contributed by atoms with Gasteiger partial charge in [0.05, 0.1) is 12.6 Å². The van der Waals surface area contributed by atoms with Gasteiger partial charge >= 0.3 is 6.03 Å². The Morgan fingerprint density at radius 1 is 1.40 bits per heavy atom. The molecule has 0 aromatic heterocycles. The van der Waals surface area contributed by atoms with Crippen molar-refractivity contribution in [1.29, 1.82) is 0 Å². The fraction of sp³-hybridized carbons (Fsp3) is 0.364. The minimum atomic E-state index is -0.738. The highest BCUT2D eigenvalue weighted by molar-refractivity contribution is 5.77. The molecule has 1 heterocycles. The van der Waals surface area contributed by atoms with E-state index >= 15 is 0 Å². The van der Waals surface area contributed by atoms with Crippen molar-refractivity contribution in [2.75, 3.05) is 0 Å². The number of carbonyl (C=O) groups excluding carboxylic acids is 1. The fourth-order valence-electron chi connectivity index (χ4n) is 1.69. The minimum Gasteiger partial charge on any atom is -0.371 e. The zero-order chi connectivity index (χ0) is 10.8. The molecule has 1 aliphatic heterocycles. The number of nitrogens with one attached hydrogen (secondary N) is 1. The molecule has 0 aliphatic carbocycles. The molecule has 0 radical (unpaired) electrons. The molecule has 2 atom stereocenters. The third-order valence-electron chi connectivity index (χ3n) is 2.57. The Balaban J connectivity index is 2.09. The Hall–Kier alpha value is -1.55. The highest BCUT2D eigenvalue weighted by Gasteiger charge is 2.34. The molecule has 1 saturated heterocycles. The first kappa shape index (κ1) is 9.98. The lowest BCUT2D eigenvalue weighted by Gasteiger charge is -2.19. The number of aliphatic hydroxyl groups excluding tert-OH is 1. The Morgan fingerprint density at radius 3 is 2.60 bits per heavy atom. The topological polar surface area (TPSA) is 52.6 Å². The van der Waals surface area contributed by atoms with Gasteiger partial charge in [-0.3, -0.25) is 4.90 Å². The first-order chi connectivity index (χ1) is 7.18. The minimum absolute atomic E-state index is 0.207. The number of hydrogen-bond acceptors (Lipinski definition) is 2. The number of amides is 2. The molecule has 1 aromatic rings. The van der Waals surface area contributed by atoms with Gasteiger partial charge in [-0.15, -0.1) is 0 Å². The van der Waals surface area contributed by atoms with E-state index in [1.165, 1.54) is 4.90 Å². The van der Waals surface area contributed by atoms with Crippen LogP contribution in [0.15, 0.2) is 30.3 Å². The maximum absolute atomic E-state index is 11.5. The van der Waals surface area contributed by atoms with Gasteiger partial charge in [0.25, 0.3) is 0 Å². The molecule has 15 heavy (non-hydrogen) atoms. The molecule has 80 valence electrons. The first-order valence-electron chi connectivity index (χ1n) is 4.97. The van der Waals surface area contributed by atoms with Gasteiger partial charge in [-0.05, 0) is 12.5 Å². The summed E-state index contributed by atoms with van der Waals surface area (Å²) in [7, 11) is 0. The molecule has 1 fully saturated rings. The van der Waals surface area contributed by atoms with E-state index < -0.39 is 6.23 Å². The lowest BCUT2D eigenvalue weighted by Crippen LogP contribution is -2.34. The first-order valence-corrected chi connectivity index (χ1v) is 4.97. The SMILES string of the molecule is C[C@H]1NC(=O)N(Cc2ccccc2)[C@H]1O. The van der Waals surface area contributed by atoms with Crippen LogP contribution in [0.4, 0.5) is 4.79 Å². The molecular weight excluding hydrogens is 192 g/mol. The van der Waals surface area contributed by atoms with E-state index in [1.54, 1.807) is 6.92 Å². The molecule has 1 aromatic carbocycles. The number of hydrogen-bond donors (Lipinski definition) is 2. The summed E-state index contributed by atoms with van der Waals surface area (Å²) in [6.45, 7) is 2.23. The summed E-state index contributed by atoms with van der Waals surface area (Å²) in [5.74, 6) is 0. The summed E-state index contributed by atoms with van der Waals surface area (Å²) in [6, 6.07) is 9.21. The molecule has 2 rings (SSSR count). The maximum atomic E-state index is 11.5. The Kier molecular flexibility index (Phi) is 2.60.